The minimum Gasteiger partial charge on any atom is -0.494 e. The van der Waals surface area contributed by atoms with E-state index in [4.69, 9.17) is 4.74 Å². The van der Waals surface area contributed by atoms with E-state index in [1.165, 1.54) is 38.5 Å². The lowest BCUT2D eigenvalue weighted by Crippen LogP contribution is -1.97. The molecule has 18 heavy (non-hydrogen) atoms. The SMILES string of the molecule is BrCCCCCCCCCOc1cccc(Br)c1. The summed E-state index contributed by atoms with van der Waals surface area (Å²) in [5, 5.41) is 1.15. The third-order valence-electron chi connectivity index (χ3n) is 2.84. The average Bonchev–Trinajstić information content (AvgIpc) is 2.37. The number of halogens is 2. The van der Waals surface area contributed by atoms with Crippen LogP contribution < -0.4 is 4.74 Å². The zero-order valence-electron chi connectivity index (χ0n) is 10.8. The topological polar surface area (TPSA) is 9.23 Å². The van der Waals surface area contributed by atoms with Crippen LogP contribution in [0.4, 0.5) is 0 Å². The zero-order valence-corrected chi connectivity index (χ0v) is 14.0. The fourth-order valence-corrected chi connectivity index (χ4v) is 2.60. The maximum Gasteiger partial charge on any atom is 0.120 e. The summed E-state index contributed by atoms with van der Waals surface area (Å²) in [4.78, 5) is 0. The number of hydrogen-bond acceptors (Lipinski definition) is 1. The highest BCUT2D eigenvalue weighted by Gasteiger charge is 1.95. The summed E-state index contributed by atoms with van der Waals surface area (Å²) in [7, 11) is 0. The molecule has 0 bridgehead atoms. The third-order valence-corrected chi connectivity index (χ3v) is 3.90. The number of unbranched alkanes of at least 4 members (excludes halogenated alkanes) is 6. The molecule has 0 aliphatic carbocycles. The van der Waals surface area contributed by atoms with Gasteiger partial charge in [-0.2, -0.15) is 0 Å². The monoisotopic (exact) mass is 376 g/mol. The average molecular weight is 378 g/mol. The maximum atomic E-state index is 5.70. The van der Waals surface area contributed by atoms with Crippen molar-refractivity contribution in [2.24, 2.45) is 0 Å². The molecule has 0 aliphatic rings. The molecule has 3 heteroatoms. The van der Waals surface area contributed by atoms with Gasteiger partial charge in [0.25, 0.3) is 0 Å². The summed E-state index contributed by atoms with van der Waals surface area (Å²) in [6, 6.07) is 8.04. The molecule has 1 nitrogen and oxygen atoms in total. The second-order valence-electron chi connectivity index (χ2n) is 4.47. The molecule has 0 spiro atoms. The molecule has 1 aromatic carbocycles. The summed E-state index contributed by atoms with van der Waals surface area (Å²) in [6.45, 7) is 0.831. The lowest BCUT2D eigenvalue weighted by molar-refractivity contribution is 0.304. The molecular weight excluding hydrogens is 356 g/mol. The molecule has 0 amide bonds. The van der Waals surface area contributed by atoms with Crippen molar-refractivity contribution in [3.05, 3.63) is 28.7 Å². The Bertz CT molecular complexity index is 315. The van der Waals surface area contributed by atoms with E-state index in [9.17, 15) is 0 Å². The van der Waals surface area contributed by atoms with Gasteiger partial charge in [0.1, 0.15) is 5.75 Å². The van der Waals surface area contributed by atoms with Crippen LogP contribution in [0.1, 0.15) is 44.9 Å². The number of ether oxygens (including phenoxy) is 1. The fourth-order valence-electron chi connectivity index (χ4n) is 1.83. The highest BCUT2D eigenvalue weighted by atomic mass is 79.9. The fraction of sp³-hybridized carbons (Fsp3) is 0.600. The molecule has 0 saturated carbocycles. The lowest BCUT2D eigenvalue weighted by Gasteiger charge is -2.06. The number of hydrogen-bond donors (Lipinski definition) is 0. The van der Waals surface area contributed by atoms with Gasteiger partial charge < -0.3 is 4.74 Å². The van der Waals surface area contributed by atoms with Crippen LogP contribution in [-0.4, -0.2) is 11.9 Å². The Morgan fingerprint density at radius 2 is 1.56 bits per heavy atom. The van der Waals surface area contributed by atoms with E-state index in [2.05, 4.69) is 31.9 Å². The van der Waals surface area contributed by atoms with Crippen molar-refractivity contribution >= 4 is 31.9 Å². The number of benzene rings is 1. The molecule has 0 aromatic heterocycles. The van der Waals surface area contributed by atoms with Crippen molar-refractivity contribution in [1.82, 2.24) is 0 Å². The summed E-state index contributed by atoms with van der Waals surface area (Å²) >= 11 is 6.90. The molecule has 0 saturated heterocycles. The first-order valence-corrected chi connectivity index (χ1v) is 8.68. The van der Waals surface area contributed by atoms with Crippen molar-refractivity contribution < 1.29 is 4.74 Å². The highest BCUT2D eigenvalue weighted by Crippen LogP contribution is 2.18. The summed E-state index contributed by atoms with van der Waals surface area (Å²) < 4.78 is 6.77. The standard InChI is InChI=1S/C15H22Br2O/c16-11-6-4-2-1-3-5-7-12-18-15-10-8-9-14(17)13-15/h8-10,13H,1-7,11-12H2. The van der Waals surface area contributed by atoms with Gasteiger partial charge in [0.15, 0.2) is 0 Å². The molecule has 0 aliphatic heterocycles. The Kier molecular flexibility index (Phi) is 9.68. The number of alkyl halides is 1. The Labute approximate surface area is 128 Å². The molecule has 1 rings (SSSR count). The number of rotatable bonds is 10. The van der Waals surface area contributed by atoms with Crippen molar-refractivity contribution in [2.75, 3.05) is 11.9 Å². The van der Waals surface area contributed by atoms with Gasteiger partial charge in [-0.1, -0.05) is 70.0 Å². The van der Waals surface area contributed by atoms with Crippen LogP contribution in [-0.2, 0) is 0 Å². The minimum absolute atomic E-state index is 0.831. The smallest absolute Gasteiger partial charge is 0.120 e. The minimum atomic E-state index is 0.831. The second-order valence-corrected chi connectivity index (χ2v) is 6.18. The van der Waals surface area contributed by atoms with E-state index in [0.717, 1.165) is 28.6 Å². The van der Waals surface area contributed by atoms with Gasteiger partial charge in [-0.05, 0) is 31.0 Å². The van der Waals surface area contributed by atoms with E-state index < -0.39 is 0 Å². The molecule has 0 fully saturated rings. The third kappa shape index (κ3) is 8.15. The van der Waals surface area contributed by atoms with E-state index in [1.54, 1.807) is 0 Å². The molecule has 0 heterocycles. The van der Waals surface area contributed by atoms with Gasteiger partial charge in [0, 0.05) is 9.80 Å². The first kappa shape index (κ1) is 16.0. The molecule has 102 valence electrons. The predicted octanol–water partition coefficient (Wildman–Crippen LogP) is 5.95. The summed E-state index contributed by atoms with van der Waals surface area (Å²) in [5.41, 5.74) is 0. The quantitative estimate of drug-likeness (QED) is 0.361. The van der Waals surface area contributed by atoms with E-state index in [-0.39, 0.29) is 0 Å². The van der Waals surface area contributed by atoms with Crippen LogP contribution in [0.15, 0.2) is 28.7 Å². The predicted molar refractivity (Wildman–Crippen MR) is 85.8 cm³/mol. The second kappa shape index (κ2) is 10.9. The van der Waals surface area contributed by atoms with Crippen LogP contribution in [0.5, 0.6) is 5.75 Å². The van der Waals surface area contributed by atoms with Gasteiger partial charge >= 0.3 is 0 Å². The molecule has 0 atom stereocenters. The van der Waals surface area contributed by atoms with Gasteiger partial charge in [-0.15, -0.1) is 0 Å². The highest BCUT2D eigenvalue weighted by molar-refractivity contribution is 9.10. The van der Waals surface area contributed by atoms with Gasteiger partial charge in [-0.25, -0.2) is 0 Å². The van der Waals surface area contributed by atoms with Crippen molar-refractivity contribution in [1.29, 1.82) is 0 Å². The maximum absolute atomic E-state index is 5.70. The van der Waals surface area contributed by atoms with Crippen molar-refractivity contribution in [3.63, 3.8) is 0 Å². The van der Waals surface area contributed by atoms with Crippen LogP contribution in [0.25, 0.3) is 0 Å². The van der Waals surface area contributed by atoms with Gasteiger partial charge in [-0.3, -0.25) is 0 Å². The van der Waals surface area contributed by atoms with E-state index in [0.29, 0.717) is 0 Å². The summed E-state index contributed by atoms with van der Waals surface area (Å²) in [5.74, 6) is 0.960. The first-order valence-electron chi connectivity index (χ1n) is 6.77. The molecule has 0 unspecified atom stereocenters. The Morgan fingerprint density at radius 1 is 0.889 bits per heavy atom. The Morgan fingerprint density at radius 3 is 2.22 bits per heavy atom. The Balaban J connectivity index is 1.92. The normalized spacial score (nSPS) is 10.6. The van der Waals surface area contributed by atoms with Crippen LogP contribution in [0, 0.1) is 0 Å². The van der Waals surface area contributed by atoms with Gasteiger partial charge in [0.2, 0.25) is 0 Å². The molecule has 0 radical (unpaired) electrons. The van der Waals surface area contributed by atoms with Crippen LogP contribution in [0.2, 0.25) is 0 Å². The van der Waals surface area contributed by atoms with Crippen molar-refractivity contribution in [2.45, 2.75) is 44.9 Å². The molecular formula is C15H22Br2O. The largest absolute Gasteiger partial charge is 0.494 e. The van der Waals surface area contributed by atoms with Crippen LogP contribution >= 0.6 is 31.9 Å². The zero-order chi connectivity index (χ0) is 13.1. The van der Waals surface area contributed by atoms with Gasteiger partial charge in [0.05, 0.1) is 6.61 Å². The lowest BCUT2D eigenvalue weighted by atomic mass is 10.1. The molecule has 1 aromatic rings. The first-order chi connectivity index (χ1) is 8.83. The Hall–Kier alpha value is -0.0200. The van der Waals surface area contributed by atoms with Crippen LogP contribution in [0.3, 0.4) is 0 Å². The van der Waals surface area contributed by atoms with Crippen molar-refractivity contribution in [3.8, 4) is 5.75 Å². The van der Waals surface area contributed by atoms with E-state index in [1.807, 2.05) is 24.3 Å². The molecule has 0 N–H and O–H groups in total. The summed E-state index contributed by atoms with van der Waals surface area (Å²) in [6.07, 6.45) is 9.19. The van der Waals surface area contributed by atoms with E-state index >= 15 is 0 Å².